The van der Waals surface area contributed by atoms with Gasteiger partial charge in [0.25, 0.3) is 0 Å². The Balaban J connectivity index is 2.05. The number of hydrogen-bond acceptors (Lipinski definition) is 2. The summed E-state index contributed by atoms with van der Waals surface area (Å²) in [6, 6.07) is 5.16. The average Bonchev–Trinajstić information content (AvgIpc) is 2.86. The molecule has 0 aromatic heterocycles. The maximum atomic E-state index is 5.54. The van der Waals surface area contributed by atoms with Crippen molar-refractivity contribution in [1.29, 1.82) is 0 Å². The molecule has 1 aromatic rings. The van der Waals surface area contributed by atoms with E-state index in [4.69, 9.17) is 4.74 Å². The quantitative estimate of drug-likeness (QED) is 0.757. The van der Waals surface area contributed by atoms with Gasteiger partial charge in [-0.3, -0.25) is 0 Å². The van der Waals surface area contributed by atoms with Crippen LogP contribution in [0.5, 0.6) is 0 Å². The molecule has 2 aliphatic rings. The predicted octanol–water partition coefficient (Wildman–Crippen LogP) is 2.45. The molecule has 0 unspecified atom stereocenters. The van der Waals surface area contributed by atoms with Crippen molar-refractivity contribution in [2.75, 3.05) is 6.54 Å². The van der Waals surface area contributed by atoms with Gasteiger partial charge in [-0.05, 0) is 43.0 Å². The standard InChI is InChI=1S/C13H17NO/c1-9-5-10-7-15-8-12(10)11(6-9)13-3-2-4-14-13/h5-6,13-14H,2-4,7-8H2,1H3/t13-/m0/s1. The molecule has 15 heavy (non-hydrogen) atoms. The highest BCUT2D eigenvalue weighted by molar-refractivity contribution is 5.42. The Morgan fingerprint density at radius 3 is 3.07 bits per heavy atom. The van der Waals surface area contributed by atoms with Crippen molar-refractivity contribution in [3.63, 3.8) is 0 Å². The molecule has 2 aliphatic heterocycles. The molecule has 0 saturated carbocycles. The molecule has 80 valence electrons. The average molecular weight is 203 g/mol. The van der Waals surface area contributed by atoms with Gasteiger partial charge in [0, 0.05) is 6.04 Å². The molecule has 2 nitrogen and oxygen atoms in total. The van der Waals surface area contributed by atoms with Crippen LogP contribution < -0.4 is 5.32 Å². The van der Waals surface area contributed by atoms with Crippen LogP contribution in [-0.4, -0.2) is 6.54 Å². The van der Waals surface area contributed by atoms with Gasteiger partial charge in [0.2, 0.25) is 0 Å². The summed E-state index contributed by atoms with van der Waals surface area (Å²) in [4.78, 5) is 0. The lowest BCUT2D eigenvalue weighted by Crippen LogP contribution is -2.15. The summed E-state index contributed by atoms with van der Waals surface area (Å²) in [6.07, 6.45) is 2.57. The Bertz CT molecular complexity index is 380. The van der Waals surface area contributed by atoms with E-state index in [1.54, 1.807) is 0 Å². The Morgan fingerprint density at radius 2 is 2.27 bits per heavy atom. The number of nitrogens with one attached hydrogen (secondary N) is 1. The summed E-state index contributed by atoms with van der Waals surface area (Å²) in [5, 5.41) is 3.57. The fraction of sp³-hybridized carbons (Fsp3) is 0.538. The van der Waals surface area contributed by atoms with Crippen molar-refractivity contribution >= 4 is 0 Å². The number of rotatable bonds is 1. The number of hydrogen-bond donors (Lipinski definition) is 1. The summed E-state index contributed by atoms with van der Waals surface area (Å²) in [6.45, 7) is 4.95. The van der Waals surface area contributed by atoms with E-state index >= 15 is 0 Å². The Labute approximate surface area is 90.6 Å². The number of benzene rings is 1. The molecule has 0 bridgehead atoms. The normalized spacial score (nSPS) is 24.5. The van der Waals surface area contributed by atoms with E-state index in [-0.39, 0.29) is 0 Å². The molecule has 2 heterocycles. The van der Waals surface area contributed by atoms with E-state index in [0.717, 1.165) is 19.8 Å². The van der Waals surface area contributed by atoms with Crippen LogP contribution in [0.15, 0.2) is 12.1 Å². The SMILES string of the molecule is Cc1cc2c(c([C@@H]3CCCN3)c1)COC2. The minimum absolute atomic E-state index is 0.570. The maximum absolute atomic E-state index is 5.54. The van der Waals surface area contributed by atoms with Gasteiger partial charge in [-0.25, -0.2) is 0 Å². The summed E-state index contributed by atoms with van der Waals surface area (Å²) >= 11 is 0. The molecule has 1 saturated heterocycles. The van der Waals surface area contributed by atoms with Crippen LogP contribution in [-0.2, 0) is 18.0 Å². The van der Waals surface area contributed by atoms with Crippen molar-refractivity contribution in [2.45, 2.75) is 39.0 Å². The molecule has 0 spiro atoms. The highest BCUT2D eigenvalue weighted by atomic mass is 16.5. The zero-order chi connectivity index (χ0) is 10.3. The molecule has 1 atom stereocenters. The predicted molar refractivity (Wildman–Crippen MR) is 59.6 cm³/mol. The third-order valence-electron chi connectivity index (χ3n) is 3.46. The zero-order valence-corrected chi connectivity index (χ0v) is 9.18. The van der Waals surface area contributed by atoms with Gasteiger partial charge < -0.3 is 10.1 Å². The topological polar surface area (TPSA) is 21.3 Å². The molecule has 3 rings (SSSR count). The highest BCUT2D eigenvalue weighted by Gasteiger charge is 2.23. The molecular formula is C13H17NO. The van der Waals surface area contributed by atoms with Crippen LogP contribution in [0.2, 0.25) is 0 Å². The van der Waals surface area contributed by atoms with E-state index in [2.05, 4.69) is 24.4 Å². The molecule has 1 fully saturated rings. The van der Waals surface area contributed by atoms with E-state index in [0.29, 0.717) is 6.04 Å². The minimum Gasteiger partial charge on any atom is -0.372 e. The lowest BCUT2D eigenvalue weighted by Gasteiger charge is -2.15. The second-order valence-corrected chi connectivity index (χ2v) is 4.63. The second-order valence-electron chi connectivity index (χ2n) is 4.63. The second kappa shape index (κ2) is 3.62. The first-order valence-electron chi connectivity index (χ1n) is 5.78. The van der Waals surface area contributed by atoms with Gasteiger partial charge in [-0.2, -0.15) is 0 Å². The molecular weight excluding hydrogens is 186 g/mol. The van der Waals surface area contributed by atoms with Crippen molar-refractivity contribution in [3.05, 3.63) is 34.4 Å². The summed E-state index contributed by atoms with van der Waals surface area (Å²) in [7, 11) is 0. The van der Waals surface area contributed by atoms with Gasteiger partial charge in [0.1, 0.15) is 0 Å². The third kappa shape index (κ3) is 1.58. The van der Waals surface area contributed by atoms with Crippen LogP contribution in [0.25, 0.3) is 0 Å². The Hall–Kier alpha value is -0.860. The van der Waals surface area contributed by atoms with Gasteiger partial charge in [-0.1, -0.05) is 17.7 Å². The van der Waals surface area contributed by atoms with Crippen LogP contribution in [0.3, 0.4) is 0 Å². The van der Waals surface area contributed by atoms with Crippen molar-refractivity contribution < 1.29 is 4.74 Å². The maximum Gasteiger partial charge on any atom is 0.0728 e. The van der Waals surface area contributed by atoms with E-state index in [1.807, 2.05) is 0 Å². The largest absolute Gasteiger partial charge is 0.372 e. The first-order chi connectivity index (χ1) is 7.34. The Morgan fingerprint density at radius 1 is 1.33 bits per heavy atom. The number of ether oxygens (including phenoxy) is 1. The molecule has 1 N–H and O–H groups in total. The molecule has 2 heteroatoms. The van der Waals surface area contributed by atoms with Gasteiger partial charge in [0.15, 0.2) is 0 Å². The van der Waals surface area contributed by atoms with E-state index in [9.17, 15) is 0 Å². The number of aryl methyl sites for hydroxylation is 1. The lowest BCUT2D eigenvalue weighted by atomic mass is 9.94. The van der Waals surface area contributed by atoms with Gasteiger partial charge in [0.05, 0.1) is 13.2 Å². The Kier molecular flexibility index (Phi) is 2.26. The van der Waals surface area contributed by atoms with Crippen LogP contribution in [0.1, 0.15) is 41.1 Å². The minimum atomic E-state index is 0.570. The smallest absolute Gasteiger partial charge is 0.0728 e. The van der Waals surface area contributed by atoms with Crippen LogP contribution in [0, 0.1) is 6.92 Å². The fourth-order valence-electron chi connectivity index (χ4n) is 2.75. The molecule has 1 aromatic carbocycles. The van der Waals surface area contributed by atoms with Gasteiger partial charge >= 0.3 is 0 Å². The monoisotopic (exact) mass is 203 g/mol. The highest BCUT2D eigenvalue weighted by Crippen LogP contribution is 2.32. The van der Waals surface area contributed by atoms with Crippen LogP contribution in [0.4, 0.5) is 0 Å². The first-order valence-corrected chi connectivity index (χ1v) is 5.78. The molecule has 0 amide bonds. The lowest BCUT2D eigenvalue weighted by molar-refractivity contribution is 0.134. The zero-order valence-electron chi connectivity index (χ0n) is 9.18. The van der Waals surface area contributed by atoms with Gasteiger partial charge in [-0.15, -0.1) is 0 Å². The van der Waals surface area contributed by atoms with Crippen LogP contribution >= 0.6 is 0 Å². The first kappa shape index (κ1) is 9.37. The molecule has 0 radical (unpaired) electrons. The van der Waals surface area contributed by atoms with Crippen molar-refractivity contribution in [3.8, 4) is 0 Å². The fourth-order valence-corrected chi connectivity index (χ4v) is 2.75. The summed E-state index contributed by atoms with van der Waals surface area (Å²) in [5.41, 5.74) is 5.70. The van der Waals surface area contributed by atoms with E-state index < -0.39 is 0 Å². The van der Waals surface area contributed by atoms with Crippen molar-refractivity contribution in [1.82, 2.24) is 5.32 Å². The van der Waals surface area contributed by atoms with E-state index in [1.165, 1.54) is 35.1 Å². The van der Waals surface area contributed by atoms with Crippen molar-refractivity contribution in [2.24, 2.45) is 0 Å². The third-order valence-corrected chi connectivity index (χ3v) is 3.46. The number of fused-ring (bicyclic) bond motifs is 1. The summed E-state index contributed by atoms with van der Waals surface area (Å²) in [5.74, 6) is 0. The summed E-state index contributed by atoms with van der Waals surface area (Å²) < 4.78 is 5.54. The molecule has 0 aliphatic carbocycles.